The summed E-state index contributed by atoms with van der Waals surface area (Å²) in [5, 5.41) is 2.93. The Kier molecular flexibility index (Phi) is 14.6. The molecule has 1 aromatic rings. The van der Waals surface area contributed by atoms with Gasteiger partial charge < -0.3 is 10.1 Å². The second-order valence-electron chi connectivity index (χ2n) is 6.01. The minimum Gasteiger partial charge on any atom is -0.373 e. The highest BCUT2D eigenvalue weighted by atomic mass is 19.1. The molecule has 1 heterocycles. The third-order valence-electron chi connectivity index (χ3n) is 3.97. The molecule has 0 unspecified atom stereocenters. The summed E-state index contributed by atoms with van der Waals surface area (Å²) in [6.07, 6.45) is 8.68. The Morgan fingerprint density at radius 3 is 2.58 bits per heavy atom. The molecule has 1 aliphatic heterocycles. The van der Waals surface area contributed by atoms with E-state index < -0.39 is 0 Å². The molecule has 2 rings (SSSR count). The molecule has 0 saturated carbocycles. The first-order valence-electron chi connectivity index (χ1n) is 9.84. The minimum atomic E-state index is -0.104. The van der Waals surface area contributed by atoms with Crippen LogP contribution in [0.4, 0.5) is 4.39 Å². The lowest BCUT2D eigenvalue weighted by atomic mass is 10.0. The number of benzene rings is 1. The molecule has 1 atom stereocenters. The molecular formula is C22H37FN2O. The number of rotatable bonds is 6. The van der Waals surface area contributed by atoms with E-state index in [-0.39, 0.29) is 11.9 Å². The standard InChI is InChI=1S/C13H17FO.C7H14N2.C2H6/c1-2-4-10-6-7-11(12(14)9-10)13-5-3-8-15-13;1-4-7(2)5-9-6-8-3;1-2/h6-7,9,13H,2-5,8H2,1H3;5-6H,4H2,1-3H3,(H,8,9);1-2H3/b;7-5+;/t13-;;/m1../s1. The van der Waals surface area contributed by atoms with Crippen LogP contribution >= 0.6 is 0 Å². The Morgan fingerprint density at radius 1 is 1.35 bits per heavy atom. The summed E-state index contributed by atoms with van der Waals surface area (Å²) in [7, 11) is 1.74. The van der Waals surface area contributed by atoms with Gasteiger partial charge in [0.2, 0.25) is 0 Å². The number of hydrogen-bond acceptors (Lipinski definition) is 2. The van der Waals surface area contributed by atoms with Crippen molar-refractivity contribution in [3.8, 4) is 0 Å². The largest absolute Gasteiger partial charge is 0.373 e. The molecular weight excluding hydrogens is 327 g/mol. The molecule has 1 aliphatic rings. The van der Waals surface area contributed by atoms with E-state index in [2.05, 4.69) is 31.1 Å². The predicted molar refractivity (Wildman–Crippen MR) is 111 cm³/mol. The van der Waals surface area contributed by atoms with Gasteiger partial charge in [0.15, 0.2) is 0 Å². The summed E-state index contributed by atoms with van der Waals surface area (Å²) in [5.74, 6) is -0.104. The van der Waals surface area contributed by atoms with E-state index in [1.165, 1.54) is 5.57 Å². The van der Waals surface area contributed by atoms with Gasteiger partial charge in [-0.15, -0.1) is 0 Å². The topological polar surface area (TPSA) is 33.6 Å². The number of hydrogen-bond donors (Lipinski definition) is 1. The maximum Gasteiger partial charge on any atom is 0.129 e. The summed E-state index contributed by atoms with van der Waals surface area (Å²) < 4.78 is 19.2. The zero-order chi connectivity index (χ0) is 19.8. The predicted octanol–water partition coefficient (Wildman–Crippen LogP) is 6.20. The van der Waals surface area contributed by atoms with Crippen molar-refractivity contribution in [1.82, 2.24) is 5.32 Å². The second kappa shape index (κ2) is 15.6. The Balaban J connectivity index is 0.000000492. The van der Waals surface area contributed by atoms with Crippen molar-refractivity contribution in [2.75, 3.05) is 13.7 Å². The fraction of sp³-hybridized carbons (Fsp3) is 0.591. The van der Waals surface area contributed by atoms with Crippen molar-refractivity contribution >= 4 is 6.34 Å². The Labute approximate surface area is 159 Å². The summed E-state index contributed by atoms with van der Waals surface area (Å²) in [4.78, 5) is 3.76. The monoisotopic (exact) mass is 364 g/mol. The molecule has 148 valence electrons. The second-order valence-corrected chi connectivity index (χ2v) is 6.01. The van der Waals surface area contributed by atoms with E-state index in [9.17, 15) is 4.39 Å². The van der Waals surface area contributed by atoms with Crippen LogP contribution in [0.3, 0.4) is 0 Å². The number of aryl methyl sites for hydroxylation is 1. The average Bonchev–Trinajstić information content (AvgIpc) is 3.19. The molecule has 1 aromatic carbocycles. The highest BCUT2D eigenvalue weighted by Crippen LogP contribution is 2.30. The number of halogens is 1. The summed E-state index contributed by atoms with van der Waals surface area (Å²) in [6, 6.07) is 5.56. The van der Waals surface area contributed by atoms with Gasteiger partial charge in [-0.05, 0) is 44.2 Å². The van der Waals surface area contributed by atoms with E-state index >= 15 is 0 Å². The van der Waals surface area contributed by atoms with Crippen LogP contribution in [-0.4, -0.2) is 20.0 Å². The van der Waals surface area contributed by atoms with Gasteiger partial charge in [0.25, 0.3) is 0 Å². The van der Waals surface area contributed by atoms with Crippen molar-refractivity contribution < 1.29 is 9.13 Å². The Morgan fingerprint density at radius 2 is 2.08 bits per heavy atom. The van der Waals surface area contributed by atoms with E-state index in [0.717, 1.165) is 49.8 Å². The van der Waals surface area contributed by atoms with Gasteiger partial charge in [0.05, 0.1) is 12.4 Å². The summed E-state index contributed by atoms with van der Waals surface area (Å²) >= 11 is 0. The van der Waals surface area contributed by atoms with Crippen molar-refractivity contribution in [2.45, 2.75) is 72.8 Å². The molecule has 4 heteroatoms. The number of nitrogens with one attached hydrogen (secondary N) is 1. The molecule has 0 aromatic heterocycles. The fourth-order valence-corrected chi connectivity index (χ4v) is 2.45. The summed E-state index contributed by atoms with van der Waals surface area (Å²) in [6.45, 7) is 11.1. The fourth-order valence-electron chi connectivity index (χ4n) is 2.45. The maximum atomic E-state index is 13.7. The first kappa shape index (κ1) is 24.3. The van der Waals surface area contributed by atoms with Crippen molar-refractivity contribution in [1.29, 1.82) is 0 Å². The average molecular weight is 365 g/mol. The van der Waals surface area contributed by atoms with Crippen LogP contribution in [0.5, 0.6) is 0 Å². The van der Waals surface area contributed by atoms with Crippen LogP contribution in [0.15, 0.2) is 35.0 Å². The lowest BCUT2D eigenvalue weighted by Crippen LogP contribution is -2.00. The molecule has 0 aliphatic carbocycles. The van der Waals surface area contributed by atoms with Gasteiger partial charge in [-0.1, -0.05) is 51.8 Å². The van der Waals surface area contributed by atoms with E-state index in [1.807, 2.05) is 32.2 Å². The molecule has 0 bridgehead atoms. The van der Waals surface area contributed by atoms with Gasteiger partial charge in [0, 0.05) is 25.4 Å². The van der Waals surface area contributed by atoms with Crippen LogP contribution in [-0.2, 0) is 11.2 Å². The van der Waals surface area contributed by atoms with Gasteiger partial charge in [-0.3, -0.25) is 4.99 Å². The van der Waals surface area contributed by atoms with E-state index in [0.29, 0.717) is 0 Å². The zero-order valence-corrected chi connectivity index (χ0v) is 17.4. The zero-order valence-electron chi connectivity index (χ0n) is 17.4. The van der Waals surface area contributed by atoms with Crippen LogP contribution in [0.1, 0.15) is 77.5 Å². The van der Waals surface area contributed by atoms with Crippen LogP contribution in [0, 0.1) is 5.82 Å². The smallest absolute Gasteiger partial charge is 0.129 e. The molecule has 1 saturated heterocycles. The van der Waals surface area contributed by atoms with E-state index in [1.54, 1.807) is 19.5 Å². The number of allylic oxidation sites excluding steroid dienone is 1. The quantitative estimate of drug-likeness (QED) is 0.481. The SMILES string of the molecule is CC.CC/C(C)=C/NC=NC.CCCc1ccc([C@H]2CCCO2)c(F)c1. The molecule has 1 N–H and O–H groups in total. The molecule has 3 nitrogen and oxygen atoms in total. The third kappa shape index (κ3) is 9.71. The van der Waals surface area contributed by atoms with Crippen LogP contribution < -0.4 is 5.32 Å². The maximum absolute atomic E-state index is 13.7. The van der Waals surface area contributed by atoms with Crippen LogP contribution in [0.25, 0.3) is 0 Å². The van der Waals surface area contributed by atoms with Crippen LogP contribution in [0.2, 0.25) is 0 Å². The van der Waals surface area contributed by atoms with Gasteiger partial charge in [-0.2, -0.15) is 0 Å². The minimum absolute atomic E-state index is 0.0133. The van der Waals surface area contributed by atoms with Crippen molar-refractivity contribution in [2.24, 2.45) is 4.99 Å². The Bertz CT molecular complexity index is 535. The molecule has 1 fully saturated rings. The molecule has 26 heavy (non-hydrogen) atoms. The number of aliphatic imine (C=N–C) groups is 1. The normalized spacial score (nSPS) is 16.6. The van der Waals surface area contributed by atoms with Crippen molar-refractivity contribution in [3.63, 3.8) is 0 Å². The molecule has 0 radical (unpaired) electrons. The highest BCUT2D eigenvalue weighted by Gasteiger charge is 2.20. The highest BCUT2D eigenvalue weighted by molar-refractivity contribution is 5.55. The number of nitrogens with zero attached hydrogens (tertiary/aromatic N) is 1. The third-order valence-corrected chi connectivity index (χ3v) is 3.97. The van der Waals surface area contributed by atoms with E-state index in [4.69, 9.17) is 4.74 Å². The van der Waals surface area contributed by atoms with Gasteiger partial charge in [0.1, 0.15) is 5.82 Å². The first-order valence-corrected chi connectivity index (χ1v) is 9.84. The number of ether oxygens (including phenoxy) is 1. The van der Waals surface area contributed by atoms with Gasteiger partial charge >= 0.3 is 0 Å². The summed E-state index contributed by atoms with van der Waals surface area (Å²) in [5.41, 5.74) is 3.14. The lowest BCUT2D eigenvalue weighted by Gasteiger charge is -2.11. The first-order chi connectivity index (χ1) is 12.6. The van der Waals surface area contributed by atoms with Crippen molar-refractivity contribution in [3.05, 3.63) is 46.9 Å². The molecule has 0 amide bonds. The lowest BCUT2D eigenvalue weighted by molar-refractivity contribution is 0.109. The molecule has 0 spiro atoms. The van der Waals surface area contributed by atoms with Gasteiger partial charge in [-0.25, -0.2) is 4.39 Å². The Hall–Kier alpha value is -1.68.